The molecule has 6 heteroatoms. The number of halogens is 4. The number of carbonyl (C=O) groups excluding carboxylic acids is 1. The minimum atomic E-state index is -4.40. The van der Waals surface area contributed by atoms with Gasteiger partial charge in [-0.25, -0.2) is 8.78 Å². The molecular formula is C16H28F4O2. The molecule has 0 saturated heterocycles. The molecule has 1 N–H and O–H groups in total. The Kier molecular flexibility index (Phi) is 9.89. The molecule has 0 spiro atoms. The van der Waals surface area contributed by atoms with E-state index >= 15 is 0 Å². The molecule has 0 aromatic carbocycles. The van der Waals surface area contributed by atoms with E-state index in [4.69, 9.17) is 0 Å². The molecule has 1 unspecified atom stereocenters. The first kappa shape index (κ1) is 21.4. The predicted octanol–water partition coefficient (Wildman–Crippen LogP) is 5.13. The van der Waals surface area contributed by atoms with Crippen molar-refractivity contribution in [1.29, 1.82) is 0 Å². The fraction of sp³-hybridized carbons (Fsp3) is 0.938. The van der Waals surface area contributed by atoms with Crippen molar-refractivity contribution in [3.8, 4) is 0 Å². The third-order valence-electron chi connectivity index (χ3n) is 3.92. The van der Waals surface area contributed by atoms with Crippen LogP contribution in [0.15, 0.2) is 0 Å². The zero-order valence-electron chi connectivity index (χ0n) is 13.5. The third kappa shape index (κ3) is 5.86. The fourth-order valence-corrected chi connectivity index (χ4v) is 2.34. The molecule has 0 fully saturated rings. The number of hydrogen-bond acceptors (Lipinski definition) is 2. The van der Waals surface area contributed by atoms with Gasteiger partial charge in [0.15, 0.2) is 5.60 Å². The maximum Gasteiger partial charge on any atom is 0.338 e. The van der Waals surface area contributed by atoms with Crippen LogP contribution in [0.1, 0.15) is 78.1 Å². The van der Waals surface area contributed by atoms with Gasteiger partial charge >= 0.3 is 5.92 Å². The van der Waals surface area contributed by atoms with Gasteiger partial charge in [-0.05, 0) is 12.8 Å². The average Bonchev–Trinajstić information content (AvgIpc) is 2.47. The van der Waals surface area contributed by atoms with Gasteiger partial charge in [-0.15, -0.1) is 0 Å². The molecule has 0 aromatic rings. The third-order valence-corrected chi connectivity index (χ3v) is 3.92. The highest BCUT2D eigenvalue weighted by Crippen LogP contribution is 2.40. The minimum Gasteiger partial charge on any atom is -0.378 e. The van der Waals surface area contributed by atoms with Gasteiger partial charge in [0.05, 0.1) is 0 Å². The van der Waals surface area contributed by atoms with Gasteiger partial charge in [-0.1, -0.05) is 58.8 Å². The molecule has 2 nitrogen and oxygen atoms in total. The smallest absolute Gasteiger partial charge is 0.338 e. The second-order valence-corrected chi connectivity index (χ2v) is 5.84. The Hall–Kier alpha value is -0.650. The van der Waals surface area contributed by atoms with E-state index in [1.54, 1.807) is 0 Å². The number of alkyl halides is 4. The van der Waals surface area contributed by atoms with Gasteiger partial charge in [0, 0.05) is 6.42 Å². The lowest BCUT2D eigenvalue weighted by Crippen LogP contribution is -2.58. The van der Waals surface area contributed by atoms with E-state index in [1.165, 1.54) is 0 Å². The van der Waals surface area contributed by atoms with E-state index in [0.717, 1.165) is 25.7 Å². The number of aliphatic hydroxyl groups is 1. The lowest BCUT2D eigenvalue weighted by molar-refractivity contribution is -0.233. The molecular weight excluding hydrogens is 300 g/mol. The number of rotatable bonds is 13. The summed E-state index contributed by atoms with van der Waals surface area (Å²) < 4.78 is 54.1. The van der Waals surface area contributed by atoms with Crippen molar-refractivity contribution >= 4 is 5.78 Å². The predicted molar refractivity (Wildman–Crippen MR) is 78.4 cm³/mol. The highest BCUT2D eigenvalue weighted by Gasteiger charge is 2.62. The summed E-state index contributed by atoms with van der Waals surface area (Å²) in [5, 5.41) is 9.77. The second-order valence-electron chi connectivity index (χ2n) is 5.84. The topological polar surface area (TPSA) is 37.3 Å². The number of carbonyl (C=O) groups is 1. The summed E-state index contributed by atoms with van der Waals surface area (Å²) in [4.78, 5) is 11.6. The summed E-state index contributed by atoms with van der Waals surface area (Å²) in [5.41, 5.74) is -3.55. The molecule has 0 aliphatic carbocycles. The summed E-state index contributed by atoms with van der Waals surface area (Å²) in [6, 6.07) is 0. The number of Topliss-reactive ketones (excluding diaryl/α,β-unsaturated/α-hetero) is 1. The number of unbranched alkanes of at least 4 members (excludes halogenated alkanes) is 6. The van der Waals surface area contributed by atoms with Crippen LogP contribution in [0.2, 0.25) is 0 Å². The van der Waals surface area contributed by atoms with Crippen LogP contribution in [-0.2, 0) is 4.79 Å². The Labute approximate surface area is 130 Å². The van der Waals surface area contributed by atoms with Crippen LogP contribution in [0, 0.1) is 0 Å². The summed E-state index contributed by atoms with van der Waals surface area (Å²) in [6.07, 6.45) is -0.314. The van der Waals surface area contributed by atoms with Crippen molar-refractivity contribution in [1.82, 2.24) is 0 Å². The maximum atomic E-state index is 14.1. The average molecular weight is 328 g/mol. The van der Waals surface area contributed by atoms with E-state index in [9.17, 15) is 27.5 Å². The Morgan fingerprint density at radius 3 is 1.91 bits per heavy atom. The van der Waals surface area contributed by atoms with Gasteiger partial charge < -0.3 is 5.11 Å². The van der Waals surface area contributed by atoms with E-state index in [0.29, 0.717) is 12.8 Å². The van der Waals surface area contributed by atoms with Crippen LogP contribution in [0.3, 0.4) is 0 Å². The zero-order chi connectivity index (χ0) is 17.2. The number of hydrogen-bond donors (Lipinski definition) is 1. The normalized spacial score (nSPS) is 15.1. The van der Waals surface area contributed by atoms with E-state index in [-0.39, 0.29) is 12.8 Å². The first-order valence-electron chi connectivity index (χ1n) is 8.15. The van der Waals surface area contributed by atoms with E-state index < -0.39 is 36.6 Å². The molecule has 0 aromatic heterocycles. The quantitative estimate of drug-likeness (QED) is 0.376. The molecule has 1 atom stereocenters. The van der Waals surface area contributed by atoms with Crippen LogP contribution in [0.25, 0.3) is 0 Å². The molecule has 0 saturated carbocycles. The first-order chi connectivity index (χ1) is 10.2. The van der Waals surface area contributed by atoms with Gasteiger partial charge in [0.1, 0.15) is 0 Å². The monoisotopic (exact) mass is 328 g/mol. The summed E-state index contributed by atoms with van der Waals surface area (Å²) in [7, 11) is 0. The fourth-order valence-electron chi connectivity index (χ4n) is 2.34. The van der Waals surface area contributed by atoms with Crippen LogP contribution in [0.4, 0.5) is 17.6 Å². The molecule has 0 amide bonds. The Morgan fingerprint density at radius 2 is 1.45 bits per heavy atom. The molecule has 22 heavy (non-hydrogen) atoms. The standard InChI is InChI=1S/C16H28F4O2/c1-3-5-7-9-11-13(21)16(19,20)15(22,14(17)18)12-10-8-6-4-2/h14,22H,3-12H2,1-2H3. The highest BCUT2D eigenvalue weighted by atomic mass is 19.3. The molecule has 0 rings (SSSR count). The first-order valence-corrected chi connectivity index (χ1v) is 8.15. The minimum absolute atomic E-state index is 0.0490. The summed E-state index contributed by atoms with van der Waals surface area (Å²) in [5.74, 6) is -5.98. The second kappa shape index (κ2) is 10.2. The molecule has 0 bridgehead atoms. The zero-order valence-corrected chi connectivity index (χ0v) is 13.5. The Morgan fingerprint density at radius 1 is 0.955 bits per heavy atom. The summed E-state index contributed by atoms with van der Waals surface area (Å²) in [6.45, 7) is 3.83. The molecule has 132 valence electrons. The van der Waals surface area contributed by atoms with Crippen molar-refractivity contribution in [2.24, 2.45) is 0 Å². The van der Waals surface area contributed by atoms with Crippen molar-refractivity contribution < 1.29 is 27.5 Å². The maximum absolute atomic E-state index is 14.1. The Balaban J connectivity index is 4.76. The Bertz CT molecular complexity index is 321. The van der Waals surface area contributed by atoms with Gasteiger partial charge in [-0.2, -0.15) is 8.78 Å². The van der Waals surface area contributed by atoms with Gasteiger partial charge in [0.2, 0.25) is 5.78 Å². The number of ketones is 1. The van der Waals surface area contributed by atoms with Crippen LogP contribution in [-0.4, -0.2) is 28.8 Å². The van der Waals surface area contributed by atoms with Crippen molar-refractivity contribution in [3.63, 3.8) is 0 Å². The van der Waals surface area contributed by atoms with Crippen molar-refractivity contribution in [2.45, 2.75) is 96.0 Å². The molecule has 0 aliphatic rings. The van der Waals surface area contributed by atoms with Crippen molar-refractivity contribution in [3.05, 3.63) is 0 Å². The largest absolute Gasteiger partial charge is 0.378 e. The van der Waals surface area contributed by atoms with Gasteiger partial charge in [-0.3, -0.25) is 4.79 Å². The molecule has 0 aliphatic heterocycles. The SMILES string of the molecule is CCCCCCC(=O)C(F)(F)C(O)(CCCCCC)C(F)F. The van der Waals surface area contributed by atoms with Gasteiger partial charge in [0.25, 0.3) is 6.43 Å². The van der Waals surface area contributed by atoms with E-state index in [2.05, 4.69) is 0 Å². The lowest BCUT2D eigenvalue weighted by Gasteiger charge is -2.34. The van der Waals surface area contributed by atoms with Crippen LogP contribution in [0.5, 0.6) is 0 Å². The lowest BCUT2D eigenvalue weighted by atomic mass is 9.85. The van der Waals surface area contributed by atoms with E-state index in [1.807, 2.05) is 13.8 Å². The van der Waals surface area contributed by atoms with Crippen LogP contribution < -0.4 is 0 Å². The van der Waals surface area contributed by atoms with Crippen LogP contribution >= 0.6 is 0 Å². The molecule has 0 heterocycles. The summed E-state index contributed by atoms with van der Waals surface area (Å²) >= 11 is 0. The molecule has 0 radical (unpaired) electrons. The van der Waals surface area contributed by atoms with Crippen molar-refractivity contribution in [2.75, 3.05) is 0 Å². The highest BCUT2D eigenvalue weighted by molar-refractivity contribution is 5.87.